The average molecular weight is 491 g/mol. The normalized spacial score (nSPS) is 14.2. The molecular weight excluding hydrogens is 448 g/mol. The fourth-order valence-corrected chi connectivity index (χ4v) is 9.05. The molecule has 2 heteroatoms. The van der Waals surface area contributed by atoms with E-state index in [1.807, 2.05) is 0 Å². The summed E-state index contributed by atoms with van der Waals surface area (Å²) in [5.41, 5.74) is 8.11. The molecule has 0 heterocycles. The van der Waals surface area contributed by atoms with Crippen LogP contribution in [-0.4, -0.2) is 7.38 Å². The van der Waals surface area contributed by atoms with Crippen LogP contribution in [0.3, 0.4) is 0 Å². The lowest BCUT2D eigenvalue weighted by Gasteiger charge is -2.32. The predicted octanol–water partition coefficient (Wildman–Crippen LogP) is 7.23. The van der Waals surface area contributed by atoms with Gasteiger partial charge in [0, 0.05) is 0 Å². The van der Waals surface area contributed by atoms with Crippen LogP contribution < -0.4 is 15.6 Å². The number of rotatable bonds is 5. The number of hydrogen-bond donors (Lipinski definition) is 0. The molecule has 0 amide bonds. The van der Waals surface area contributed by atoms with Crippen LogP contribution in [0.15, 0.2) is 54.6 Å². The lowest BCUT2D eigenvalue weighted by Crippen LogP contribution is -2.63. The van der Waals surface area contributed by atoms with Crippen molar-refractivity contribution in [1.82, 2.24) is 0 Å². The van der Waals surface area contributed by atoms with Gasteiger partial charge in [-0.15, -0.1) is 11.1 Å². The Morgan fingerprint density at radius 2 is 0.941 bits per heavy atom. The highest BCUT2D eigenvalue weighted by atomic mass is 35.6. The van der Waals surface area contributed by atoms with E-state index in [-0.39, 0.29) is 10.8 Å². The Morgan fingerprint density at radius 1 is 0.559 bits per heavy atom. The largest absolute Gasteiger partial charge is 0.247 e. The van der Waals surface area contributed by atoms with Crippen LogP contribution in [0.25, 0.3) is 0 Å². The van der Waals surface area contributed by atoms with Crippen molar-refractivity contribution in [3.05, 3.63) is 88.0 Å². The van der Waals surface area contributed by atoms with E-state index in [2.05, 4.69) is 124 Å². The molecular formula is C32H43ClSi. The zero-order valence-corrected chi connectivity index (χ0v) is 24.7. The first-order chi connectivity index (χ1) is 15.7. The van der Waals surface area contributed by atoms with E-state index >= 15 is 0 Å². The summed E-state index contributed by atoms with van der Waals surface area (Å²) >= 11 is 8.10. The lowest BCUT2D eigenvalue weighted by atomic mass is 9.81. The maximum atomic E-state index is 8.10. The zero-order chi connectivity index (χ0) is 25.5. The van der Waals surface area contributed by atoms with Gasteiger partial charge >= 0.3 is 0 Å². The standard InChI is InChI=1S/C32H43ClSi/c1-11-24-16-25(12-2)18-29(17-24)34(33,28-14-22(3)13-23(4)15-28)30-20-26(31(5,6)7)19-27(21-30)32(8,9)10/h13-21H,11-12H2,1-10H3. The van der Waals surface area contributed by atoms with Crippen molar-refractivity contribution in [1.29, 1.82) is 0 Å². The molecule has 0 N–H and O–H groups in total. The van der Waals surface area contributed by atoms with Crippen LogP contribution in [0, 0.1) is 13.8 Å². The third kappa shape index (κ3) is 5.52. The predicted molar refractivity (Wildman–Crippen MR) is 155 cm³/mol. The van der Waals surface area contributed by atoms with Crippen molar-refractivity contribution >= 4 is 34.0 Å². The van der Waals surface area contributed by atoms with Crippen molar-refractivity contribution < 1.29 is 0 Å². The Balaban J connectivity index is 2.47. The first kappa shape index (κ1) is 26.8. The fraction of sp³-hybridized carbons (Fsp3) is 0.438. The molecule has 0 aliphatic carbocycles. The number of hydrogen-bond acceptors (Lipinski definition) is 0. The minimum atomic E-state index is -2.78. The summed E-state index contributed by atoms with van der Waals surface area (Å²) in [6.07, 6.45) is 2.04. The van der Waals surface area contributed by atoms with Crippen LogP contribution >= 0.6 is 11.1 Å². The third-order valence-corrected chi connectivity index (χ3v) is 12.2. The summed E-state index contributed by atoms with van der Waals surface area (Å²) in [6, 6.07) is 21.3. The topological polar surface area (TPSA) is 0 Å². The maximum absolute atomic E-state index is 8.10. The summed E-state index contributed by atoms with van der Waals surface area (Å²) in [4.78, 5) is 0. The molecule has 3 rings (SSSR count). The highest BCUT2D eigenvalue weighted by Gasteiger charge is 2.40. The summed E-state index contributed by atoms with van der Waals surface area (Å²) in [7, 11) is -2.78. The fourth-order valence-electron chi connectivity index (χ4n) is 4.74. The summed E-state index contributed by atoms with van der Waals surface area (Å²) < 4.78 is 0. The molecule has 0 spiro atoms. The zero-order valence-electron chi connectivity index (χ0n) is 23.0. The summed E-state index contributed by atoms with van der Waals surface area (Å²) in [6.45, 7) is 22.7. The smallest absolute Gasteiger partial charge is 0.149 e. The molecule has 1 atom stereocenters. The van der Waals surface area contributed by atoms with Gasteiger partial charge in [0.1, 0.15) is 0 Å². The molecule has 0 nitrogen and oxygen atoms in total. The SMILES string of the molecule is CCc1cc(CC)cc([Si](Cl)(c2cc(C)cc(C)c2)c2cc(C(C)(C)C)cc(C(C)(C)C)c2)c1. The van der Waals surface area contributed by atoms with Crippen molar-refractivity contribution in [3.8, 4) is 0 Å². The molecule has 182 valence electrons. The second-order valence-corrected chi connectivity index (χ2v) is 16.8. The Morgan fingerprint density at radius 3 is 1.32 bits per heavy atom. The van der Waals surface area contributed by atoms with Crippen molar-refractivity contribution in [3.63, 3.8) is 0 Å². The highest BCUT2D eigenvalue weighted by molar-refractivity contribution is 7.40. The molecule has 1 unspecified atom stereocenters. The molecule has 3 aromatic carbocycles. The maximum Gasteiger partial charge on any atom is 0.247 e. The highest BCUT2D eigenvalue weighted by Crippen LogP contribution is 2.30. The molecule has 34 heavy (non-hydrogen) atoms. The van der Waals surface area contributed by atoms with Crippen LogP contribution in [0.1, 0.15) is 88.8 Å². The van der Waals surface area contributed by atoms with E-state index in [9.17, 15) is 0 Å². The monoisotopic (exact) mass is 490 g/mol. The molecule has 0 fully saturated rings. The van der Waals surface area contributed by atoms with Gasteiger partial charge in [-0.2, -0.15) is 0 Å². The third-order valence-electron chi connectivity index (χ3n) is 6.95. The van der Waals surface area contributed by atoms with Gasteiger partial charge in [0.05, 0.1) is 0 Å². The van der Waals surface area contributed by atoms with Crippen LogP contribution in [0.5, 0.6) is 0 Å². The number of benzene rings is 3. The quantitative estimate of drug-likeness (QED) is 0.201. The van der Waals surface area contributed by atoms with Crippen molar-refractivity contribution in [2.75, 3.05) is 0 Å². The van der Waals surface area contributed by atoms with Crippen LogP contribution in [-0.2, 0) is 23.7 Å². The molecule has 0 bridgehead atoms. The Labute approximate surface area is 214 Å². The van der Waals surface area contributed by atoms with Gasteiger partial charge < -0.3 is 0 Å². The van der Waals surface area contributed by atoms with E-state index in [1.165, 1.54) is 48.9 Å². The van der Waals surface area contributed by atoms with E-state index in [0.29, 0.717) is 0 Å². The second kappa shape index (κ2) is 9.67. The number of aryl methyl sites for hydroxylation is 4. The first-order valence-electron chi connectivity index (χ1n) is 12.8. The summed E-state index contributed by atoms with van der Waals surface area (Å²) in [5, 5.41) is 3.89. The minimum absolute atomic E-state index is 0.0462. The molecule has 0 saturated carbocycles. The van der Waals surface area contributed by atoms with E-state index in [4.69, 9.17) is 11.1 Å². The molecule has 0 aromatic heterocycles. The van der Waals surface area contributed by atoms with Gasteiger partial charge in [-0.3, -0.25) is 0 Å². The Bertz CT molecular complexity index is 1100. The van der Waals surface area contributed by atoms with Crippen molar-refractivity contribution in [2.24, 2.45) is 0 Å². The van der Waals surface area contributed by atoms with Gasteiger partial charge in [0.15, 0.2) is 0 Å². The average Bonchev–Trinajstić information content (AvgIpc) is 2.75. The Kier molecular flexibility index (Phi) is 7.61. The van der Waals surface area contributed by atoms with Crippen molar-refractivity contribution in [2.45, 2.75) is 92.9 Å². The molecule has 0 saturated heterocycles. The van der Waals surface area contributed by atoms with Gasteiger partial charge in [0.2, 0.25) is 7.38 Å². The van der Waals surface area contributed by atoms with Crippen LogP contribution in [0.4, 0.5) is 0 Å². The van der Waals surface area contributed by atoms with E-state index in [0.717, 1.165) is 12.8 Å². The first-order valence-corrected chi connectivity index (χ1v) is 15.8. The van der Waals surface area contributed by atoms with E-state index in [1.54, 1.807) is 0 Å². The van der Waals surface area contributed by atoms with Gasteiger partial charge in [-0.25, -0.2) is 0 Å². The molecule has 0 aliphatic heterocycles. The molecule has 0 aliphatic rings. The summed E-state index contributed by atoms with van der Waals surface area (Å²) in [5.74, 6) is 0. The molecule has 3 aromatic rings. The van der Waals surface area contributed by atoms with Gasteiger partial charge in [-0.1, -0.05) is 121 Å². The van der Waals surface area contributed by atoms with Gasteiger partial charge in [-0.05, 0) is 75.3 Å². The minimum Gasteiger partial charge on any atom is -0.149 e. The van der Waals surface area contributed by atoms with Crippen LogP contribution in [0.2, 0.25) is 0 Å². The lowest BCUT2D eigenvalue weighted by molar-refractivity contribution is 0.569. The van der Waals surface area contributed by atoms with Gasteiger partial charge in [0.25, 0.3) is 0 Å². The molecule has 0 radical (unpaired) electrons. The van der Waals surface area contributed by atoms with E-state index < -0.39 is 7.38 Å². The Hall–Kier alpha value is -1.83. The number of halogens is 1. The second-order valence-electron chi connectivity index (χ2n) is 12.1.